The summed E-state index contributed by atoms with van der Waals surface area (Å²) < 4.78 is 11.0. The molecule has 0 aromatic carbocycles. The Morgan fingerprint density at radius 2 is 1.02 bits per heavy atom. The van der Waals surface area contributed by atoms with Crippen LogP contribution in [0.15, 0.2) is 48.6 Å². The first kappa shape index (κ1) is 42.3. The molecule has 0 aromatic rings. The molecular weight excluding hydrogens is 544 g/mol. The first-order valence-electron chi connectivity index (χ1n) is 18.7. The molecule has 4 nitrogen and oxygen atoms in total. The molecule has 0 amide bonds. The zero-order chi connectivity index (χ0) is 32.0. The van der Waals surface area contributed by atoms with Gasteiger partial charge in [0.15, 0.2) is 0 Å². The van der Waals surface area contributed by atoms with Crippen molar-refractivity contribution < 1.29 is 19.4 Å². The Kier molecular flexibility index (Phi) is 36.1. The molecule has 0 spiro atoms. The normalized spacial score (nSPS) is 12.9. The Morgan fingerprint density at radius 1 is 0.568 bits per heavy atom. The molecule has 0 saturated heterocycles. The molecule has 0 fully saturated rings. The number of carbonyl (C=O) groups excluding carboxylic acids is 1. The summed E-state index contributed by atoms with van der Waals surface area (Å²) in [5.41, 5.74) is 0. The van der Waals surface area contributed by atoms with Crippen LogP contribution < -0.4 is 0 Å². The van der Waals surface area contributed by atoms with Crippen LogP contribution in [0.25, 0.3) is 0 Å². The fraction of sp³-hybridized carbons (Fsp3) is 0.775. The van der Waals surface area contributed by atoms with Crippen LogP contribution in [-0.4, -0.2) is 37.0 Å². The molecule has 0 aliphatic carbocycles. The molecule has 0 saturated carbocycles. The van der Waals surface area contributed by atoms with Gasteiger partial charge < -0.3 is 14.6 Å². The van der Waals surface area contributed by atoms with Crippen LogP contribution in [0, 0.1) is 0 Å². The van der Waals surface area contributed by atoms with E-state index in [9.17, 15) is 9.90 Å². The highest BCUT2D eigenvalue weighted by molar-refractivity contribution is 5.69. The predicted octanol–water partition coefficient (Wildman–Crippen LogP) is 11.9. The number of esters is 1. The van der Waals surface area contributed by atoms with E-state index >= 15 is 0 Å². The van der Waals surface area contributed by atoms with Crippen molar-refractivity contribution in [1.29, 1.82) is 0 Å². The van der Waals surface area contributed by atoms with E-state index < -0.39 is 6.10 Å². The average Bonchev–Trinajstić information content (AvgIpc) is 3.03. The second-order valence-corrected chi connectivity index (χ2v) is 12.3. The zero-order valence-corrected chi connectivity index (χ0v) is 29.2. The maximum atomic E-state index is 12.0. The van der Waals surface area contributed by atoms with Gasteiger partial charge in [-0.05, 0) is 51.4 Å². The van der Waals surface area contributed by atoms with Gasteiger partial charge in [-0.25, -0.2) is 0 Å². The number of unbranched alkanes of at least 4 members (excludes halogenated alkanes) is 18. The van der Waals surface area contributed by atoms with Crippen molar-refractivity contribution in [1.82, 2.24) is 0 Å². The van der Waals surface area contributed by atoms with E-state index in [1.165, 1.54) is 109 Å². The number of allylic oxidation sites excluding steroid dienone is 8. The second kappa shape index (κ2) is 37.5. The molecule has 1 atom stereocenters. The monoisotopic (exact) mass is 617 g/mol. The van der Waals surface area contributed by atoms with E-state index in [2.05, 4.69) is 62.5 Å². The third-order valence-electron chi connectivity index (χ3n) is 7.92. The van der Waals surface area contributed by atoms with E-state index in [1.54, 1.807) is 0 Å². The highest BCUT2D eigenvalue weighted by Gasteiger charge is 2.13. The predicted molar refractivity (Wildman–Crippen MR) is 191 cm³/mol. The quantitative estimate of drug-likeness (QED) is 0.0444. The van der Waals surface area contributed by atoms with E-state index in [0.29, 0.717) is 19.6 Å². The maximum absolute atomic E-state index is 12.0. The number of aliphatic hydroxyl groups excluding tert-OH is 1. The lowest BCUT2D eigenvalue weighted by atomic mass is 10.0. The van der Waals surface area contributed by atoms with Crippen molar-refractivity contribution in [2.45, 2.75) is 180 Å². The maximum Gasteiger partial charge on any atom is 0.306 e. The molecule has 0 heterocycles. The van der Waals surface area contributed by atoms with Crippen molar-refractivity contribution in [3.05, 3.63) is 48.6 Å². The highest BCUT2D eigenvalue weighted by atomic mass is 16.6. The Balaban J connectivity index is 3.36. The van der Waals surface area contributed by atoms with Gasteiger partial charge in [-0.3, -0.25) is 4.79 Å². The number of hydrogen-bond acceptors (Lipinski definition) is 4. The van der Waals surface area contributed by atoms with Crippen LogP contribution in [0.4, 0.5) is 0 Å². The fourth-order valence-corrected chi connectivity index (χ4v) is 5.14. The Morgan fingerprint density at radius 3 is 1.55 bits per heavy atom. The summed E-state index contributed by atoms with van der Waals surface area (Å²) in [4.78, 5) is 12.0. The van der Waals surface area contributed by atoms with Crippen LogP contribution in [0.2, 0.25) is 0 Å². The van der Waals surface area contributed by atoms with E-state index in [1.807, 2.05) is 0 Å². The van der Waals surface area contributed by atoms with Gasteiger partial charge in [0.05, 0.1) is 13.2 Å². The lowest BCUT2D eigenvalue weighted by Crippen LogP contribution is -2.27. The molecule has 4 heteroatoms. The Hall–Kier alpha value is -1.65. The van der Waals surface area contributed by atoms with Crippen LogP contribution >= 0.6 is 0 Å². The minimum absolute atomic E-state index is 0.172. The van der Waals surface area contributed by atoms with Gasteiger partial charge in [-0.15, -0.1) is 0 Å². The van der Waals surface area contributed by atoms with Crippen LogP contribution in [0.5, 0.6) is 0 Å². The topological polar surface area (TPSA) is 55.8 Å². The molecule has 44 heavy (non-hydrogen) atoms. The number of rotatable bonds is 34. The van der Waals surface area contributed by atoms with Crippen LogP contribution in [0.1, 0.15) is 174 Å². The highest BCUT2D eigenvalue weighted by Crippen LogP contribution is 2.13. The summed E-state index contributed by atoms with van der Waals surface area (Å²) in [6.45, 7) is 5.17. The number of ether oxygens (including phenoxy) is 2. The van der Waals surface area contributed by atoms with Crippen LogP contribution in [-0.2, 0) is 14.3 Å². The molecule has 1 N–H and O–H groups in total. The minimum Gasteiger partial charge on any atom is -0.457 e. The molecule has 0 rings (SSSR count). The summed E-state index contributed by atoms with van der Waals surface area (Å²) in [6.07, 6.45) is 47.6. The first-order chi connectivity index (χ1) is 21.7. The number of hydrogen-bond donors (Lipinski definition) is 1. The van der Waals surface area contributed by atoms with Crippen molar-refractivity contribution in [2.24, 2.45) is 0 Å². The first-order valence-corrected chi connectivity index (χ1v) is 18.7. The summed E-state index contributed by atoms with van der Waals surface area (Å²) in [6, 6.07) is 0. The molecular formula is C40H72O4. The minimum atomic E-state index is -0.529. The summed E-state index contributed by atoms with van der Waals surface area (Å²) in [5.74, 6) is -0.211. The van der Waals surface area contributed by atoms with Gasteiger partial charge >= 0.3 is 5.97 Å². The van der Waals surface area contributed by atoms with Crippen molar-refractivity contribution in [3.8, 4) is 0 Å². The van der Waals surface area contributed by atoms with Crippen molar-refractivity contribution >= 4 is 5.97 Å². The van der Waals surface area contributed by atoms with Crippen molar-refractivity contribution in [2.75, 3.05) is 19.8 Å². The largest absolute Gasteiger partial charge is 0.457 e. The lowest BCUT2D eigenvalue weighted by Gasteiger charge is -2.15. The molecule has 256 valence electrons. The summed E-state index contributed by atoms with van der Waals surface area (Å²) in [5, 5.41) is 9.48. The van der Waals surface area contributed by atoms with E-state index in [0.717, 1.165) is 44.9 Å². The van der Waals surface area contributed by atoms with E-state index in [-0.39, 0.29) is 12.6 Å². The van der Waals surface area contributed by atoms with Crippen molar-refractivity contribution in [3.63, 3.8) is 0 Å². The summed E-state index contributed by atoms with van der Waals surface area (Å²) >= 11 is 0. The second-order valence-electron chi connectivity index (χ2n) is 12.3. The Labute approximate surface area is 273 Å². The zero-order valence-electron chi connectivity index (χ0n) is 29.2. The third kappa shape index (κ3) is 34.8. The average molecular weight is 617 g/mol. The van der Waals surface area contributed by atoms with Gasteiger partial charge in [-0.2, -0.15) is 0 Å². The lowest BCUT2D eigenvalue weighted by molar-refractivity contribution is -0.154. The SMILES string of the molecule is CC/C=C\C/C=C\C/C=C\C/C=C\CCCCCCCCCCCCCCCOCC(CO)OC(=O)CCCCCCCC. The van der Waals surface area contributed by atoms with Gasteiger partial charge in [0.2, 0.25) is 0 Å². The molecule has 0 bridgehead atoms. The smallest absolute Gasteiger partial charge is 0.306 e. The fourth-order valence-electron chi connectivity index (χ4n) is 5.14. The third-order valence-corrected chi connectivity index (χ3v) is 7.92. The van der Waals surface area contributed by atoms with Gasteiger partial charge in [0.1, 0.15) is 6.10 Å². The molecule has 0 aromatic heterocycles. The molecule has 1 unspecified atom stereocenters. The standard InChI is InChI=1S/C40H72O4/c1-3-5-7-9-11-12-13-14-15-16-17-18-19-20-21-22-23-24-25-26-27-28-29-30-32-34-36-43-38-39(37-41)44-40(42)35-33-31-10-8-6-4-2/h5,7,11-12,14-15,17-18,39,41H,3-4,6,8-10,13,16,19-38H2,1-2H3/b7-5-,12-11-,15-14-,18-17-. The molecule has 0 aliphatic rings. The van der Waals surface area contributed by atoms with Gasteiger partial charge in [-0.1, -0.05) is 165 Å². The molecule has 0 radical (unpaired) electrons. The summed E-state index contributed by atoms with van der Waals surface area (Å²) in [7, 11) is 0. The van der Waals surface area contributed by atoms with Gasteiger partial charge in [0.25, 0.3) is 0 Å². The number of carbonyl (C=O) groups is 1. The van der Waals surface area contributed by atoms with Crippen LogP contribution in [0.3, 0.4) is 0 Å². The number of aliphatic hydroxyl groups is 1. The molecule has 0 aliphatic heterocycles. The van der Waals surface area contributed by atoms with E-state index in [4.69, 9.17) is 9.47 Å². The van der Waals surface area contributed by atoms with Gasteiger partial charge in [0, 0.05) is 13.0 Å². The Bertz CT molecular complexity index is 693.